The van der Waals surface area contributed by atoms with Gasteiger partial charge in [-0.2, -0.15) is 0 Å². The van der Waals surface area contributed by atoms with E-state index in [0.29, 0.717) is 63.2 Å². The summed E-state index contributed by atoms with van der Waals surface area (Å²) in [5.74, 6) is 1.03. The first kappa shape index (κ1) is 24.6. The molecule has 1 amide bonds. The summed E-state index contributed by atoms with van der Waals surface area (Å²) in [6.45, 7) is 3.28. The minimum Gasteiger partial charge on any atom is -0.493 e. The summed E-state index contributed by atoms with van der Waals surface area (Å²) < 4.78 is 17.2. The van der Waals surface area contributed by atoms with Gasteiger partial charge in [-0.1, -0.05) is 0 Å². The molecule has 0 aliphatic carbocycles. The van der Waals surface area contributed by atoms with Crippen LogP contribution >= 0.6 is 0 Å². The molecular formula is C26H27N5O6. The van der Waals surface area contributed by atoms with Crippen LogP contribution in [0, 0.1) is 16.0 Å². The molecule has 37 heavy (non-hydrogen) atoms. The van der Waals surface area contributed by atoms with Gasteiger partial charge in [0.2, 0.25) is 5.95 Å². The Morgan fingerprint density at radius 2 is 2.00 bits per heavy atom. The zero-order valence-electron chi connectivity index (χ0n) is 20.1. The number of carbonyl (C=O) groups is 1. The molecule has 2 N–H and O–H groups in total. The second-order valence-electron chi connectivity index (χ2n) is 8.93. The van der Waals surface area contributed by atoms with Crippen molar-refractivity contribution in [3.05, 3.63) is 69.9 Å². The Bertz CT molecular complexity index is 1300. The monoisotopic (exact) mass is 505 g/mol. The number of nitro benzene ring substituents is 1. The van der Waals surface area contributed by atoms with Crippen molar-refractivity contribution in [2.45, 2.75) is 19.4 Å². The highest BCUT2D eigenvalue weighted by Gasteiger charge is 2.21. The van der Waals surface area contributed by atoms with Crippen LogP contribution in [-0.4, -0.2) is 53.8 Å². The van der Waals surface area contributed by atoms with Crippen molar-refractivity contribution < 1.29 is 23.9 Å². The highest BCUT2D eigenvalue weighted by atomic mass is 16.6. The first-order chi connectivity index (χ1) is 18.1. The van der Waals surface area contributed by atoms with Gasteiger partial charge < -0.3 is 24.8 Å². The molecule has 6 bridgehead atoms. The van der Waals surface area contributed by atoms with Crippen LogP contribution in [0.1, 0.15) is 28.8 Å². The average Bonchev–Trinajstić information content (AvgIpc) is 2.87. The Morgan fingerprint density at radius 3 is 2.81 bits per heavy atom. The molecule has 6 rings (SSSR count). The highest BCUT2D eigenvalue weighted by molar-refractivity contribution is 5.96. The lowest BCUT2D eigenvalue weighted by Gasteiger charge is -2.26. The quantitative estimate of drug-likeness (QED) is 0.400. The van der Waals surface area contributed by atoms with E-state index < -0.39 is 4.92 Å². The number of nitrogens with one attached hydrogen (secondary N) is 2. The number of ether oxygens (including phenoxy) is 3. The maximum Gasteiger partial charge on any atom is 0.279 e. The van der Waals surface area contributed by atoms with Crippen LogP contribution in [0.5, 0.6) is 5.75 Å². The predicted molar refractivity (Wildman–Crippen MR) is 135 cm³/mol. The summed E-state index contributed by atoms with van der Waals surface area (Å²) in [4.78, 5) is 32.6. The lowest BCUT2D eigenvalue weighted by molar-refractivity contribution is -0.384. The summed E-state index contributed by atoms with van der Waals surface area (Å²) >= 11 is 0. The van der Waals surface area contributed by atoms with Crippen molar-refractivity contribution in [1.29, 1.82) is 0 Å². The number of fused-ring (bicyclic) bond motifs is 9. The molecule has 3 aromatic rings. The van der Waals surface area contributed by atoms with Gasteiger partial charge in [-0.25, -0.2) is 9.97 Å². The van der Waals surface area contributed by atoms with Crippen LogP contribution in [0.15, 0.2) is 48.7 Å². The fourth-order valence-electron chi connectivity index (χ4n) is 4.05. The third-order valence-electron chi connectivity index (χ3n) is 6.14. The van der Waals surface area contributed by atoms with Crippen LogP contribution in [0.25, 0.3) is 11.3 Å². The summed E-state index contributed by atoms with van der Waals surface area (Å²) in [7, 11) is 0. The smallest absolute Gasteiger partial charge is 0.279 e. The number of carbonyl (C=O) groups excluding carboxylic acids is 1. The largest absolute Gasteiger partial charge is 0.493 e. The van der Waals surface area contributed by atoms with Crippen LogP contribution < -0.4 is 15.4 Å². The average molecular weight is 506 g/mol. The molecule has 0 unspecified atom stereocenters. The van der Waals surface area contributed by atoms with Gasteiger partial charge in [0.05, 0.1) is 42.6 Å². The molecule has 0 radical (unpaired) electrons. The van der Waals surface area contributed by atoms with E-state index in [0.717, 1.165) is 23.4 Å². The van der Waals surface area contributed by atoms with Gasteiger partial charge in [-0.3, -0.25) is 14.9 Å². The number of rotatable bonds is 4. The lowest BCUT2D eigenvalue weighted by Crippen LogP contribution is -2.32. The molecule has 11 nitrogen and oxygen atoms in total. The summed E-state index contributed by atoms with van der Waals surface area (Å²) in [5.41, 5.74) is 2.27. The molecule has 3 aliphatic heterocycles. The van der Waals surface area contributed by atoms with Crippen molar-refractivity contribution in [2.24, 2.45) is 5.92 Å². The Labute approximate surface area is 213 Å². The van der Waals surface area contributed by atoms with E-state index in [-0.39, 0.29) is 23.1 Å². The van der Waals surface area contributed by atoms with E-state index >= 15 is 0 Å². The Morgan fingerprint density at radius 1 is 1.11 bits per heavy atom. The molecule has 11 heteroatoms. The first-order valence-corrected chi connectivity index (χ1v) is 12.1. The molecular weight excluding hydrogens is 478 g/mol. The van der Waals surface area contributed by atoms with Gasteiger partial charge in [-0.15, -0.1) is 0 Å². The van der Waals surface area contributed by atoms with Crippen molar-refractivity contribution in [3.8, 4) is 17.0 Å². The van der Waals surface area contributed by atoms with Gasteiger partial charge in [-0.05, 0) is 49.2 Å². The van der Waals surface area contributed by atoms with Gasteiger partial charge in [0, 0.05) is 48.1 Å². The van der Waals surface area contributed by atoms with Crippen LogP contribution in [0.2, 0.25) is 0 Å². The molecule has 3 aliphatic rings. The van der Waals surface area contributed by atoms with Crippen LogP contribution in [-0.2, 0) is 16.1 Å². The molecule has 0 spiro atoms. The number of nitro groups is 1. The second-order valence-corrected chi connectivity index (χ2v) is 8.93. The van der Waals surface area contributed by atoms with Crippen LogP contribution in [0.3, 0.4) is 0 Å². The van der Waals surface area contributed by atoms with E-state index in [1.54, 1.807) is 18.2 Å². The second kappa shape index (κ2) is 11.3. The molecule has 1 fully saturated rings. The minimum atomic E-state index is -0.512. The molecule has 4 heterocycles. The fraction of sp³-hybridized carbons (Fsp3) is 0.346. The number of hydrogen-bond acceptors (Lipinski definition) is 9. The van der Waals surface area contributed by atoms with E-state index in [9.17, 15) is 14.9 Å². The van der Waals surface area contributed by atoms with Crippen molar-refractivity contribution in [2.75, 3.05) is 38.3 Å². The zero-order chi connectivity index (χ0) is 25.6. The maximum atomic E-state index is 12.6. The van der Waals surface area contributed by atoms with Gasteiger partial charge in [0.25, 0.3) is 11.6 Å². The van der Waals surface area contributed by atoms with Gasteiger partial charge in [0.15, 0.2) is 0 Å². The normalized spacial score (nSPS) is 16.4. The fourth-order valence-corrected chi connectivity index (χ4v) is 4.05. The summed E-state index contributed by atoms with van der Waals surface area (Å²) in [6, 6.07) is 11.6. The van der Waals surface area contributed by atoms with Crippen molar-refractivity contribution >= 4 is 23.2 Å². The van der Waals surface area contributed by atoms with E-state index in [2.05, 4.69) is 20.6 Å². The lowest BCUT2D eigenvalue weighted by atomic mass is 10.1. The number of aromatic nitrogens is 2. The number of amides is 1. The Kier molecular flexibility index (Phi) is 7.52. The SMILES string of the molecule is O=C1NCCCCOCc2cc(ccc2OCC2COC2)Nc2nccc(n2)-c2ccc1cc2[N+](=O)[O-]. The molecule has 0 atom stereocenters. The zero-order valence-corrected chi connectivity index (χ0v) is 20.1. The molecule has 192 valence electrons. The molecule has 1 saturated heterocycles. The van der Waals surface area contributed by atoms with Crippen LogP contribution in [0.4, 0.5) is 17.3 Å². The highest BCUT2D eigenvalue weighted by Crippen LogP contribution is 2.31. The number of nitrogens with zero attached hydrogens (tertiary/aromatic N) is 3. The summed E-state index contributed by atoms with van der Waals surface area (Å²) in [5, 5.41) is 17.8. The molecule has 1 aromatic heterocycles. The van der Waals surface area contributed by atoms with E-state index in [1.807, 2.05) is 18.2 Å². The predicted octanol–water partition coefficient (Wildman–Crippen LogP) is 3.86. The first-order valence-electron chi connectivity index (χ1n) is 12.1. The molecule has 0 saturated carbocycles. The third kappa shape index (κ3) is 6.01. The topological polar surface area (TPSA) is 138 Å². The molecule has 2 aromatic carbocycles. The number of anilines is 2. The number of hydrogen-bond donors (Lipinski definition) is 2. The van der Waals surface area contributed by atoms with Crippen molar-refractivity contribution in [1.82, 2.24) is 15.3 Å². The van der Waals surface area contributed by atoms with Gasteiger partial charge in [0.1, 0.15) is 5.75 Å². The third-order valence-corrected chi connectivity index (χ3v) is 6.14. The van der Waals surface area contributed by atoms with Gasteiger partial charge >= 0.3 is 0 Å². The standard InChI is InChI=1S/C26H27N5O6/c32-25-18-3-5-21(23(12-18)31(33)34)22-7-9-28-26(30-22)29-20-4-6-24(37-15-17-13-36-14-17)19(11-20)16-35-10-2-1-8-27-25/h3-7,9,11-12,17H,1-2,8,10,13-16H2,(H,27,32)(H,28,29,30). The minimum absolute atomic E-state index is 0.204. The summed E-state index contributed by atoms with van der Waals surface area (Å²) in [6.07, 6.45) is 2.98. The number of benzene rings is 2. The van der Waals surface area contributed by atoms with E-state index in [4.69, 9.17) is 14.2 Å². The maximum absolute atomic E-state index is 12.6. The Balaban J connectivity index is 1.46. The van der Waals surface area contributed by atoms with E-state index in [1.165, 1.54) is 12.3 Å². The Hall–Kier alpha value is -4.09. The van der Waals surface area contributed by atoms with Crippen molar-refractivity contribution in [3.63, 3.8) is 0 Å².